The Bertz CT molecular complexity index is 473. The third-order valence-electron chi connectivity index (χ3n) is 2.68. The summed E-state index contributed by atoms with van der Waals surface area (Å²) in [5.41, 5.74) is 0.608. The van der Waals surface area contributed by atoms with E-state index in [4.69, 9.17) is 5.11 Å². The van der Waals surface area contributed by atoms with Crippen LogP contribution in [-0.4, -0.2) is 24.0 Å². The van der Waals surface area contributed by atoms with Crippen LogP contribution < -0.4 is 10.1 Å². The van der Waals surface area contributed by atoms with Crippen molar-refractivity contribution in [2.45, 2.75) is 18.8 Å². The second kappa shape index (κ2) is 4.49. The van der Waals surface area contributed by atoms with Crippen molar-refractivity contribution in [1.82, 2.24) is 5.32 Å². The first-order valence-electron chi connectivity index (χ1n) is 5.22. The molecule has 1 aromatic carbocycles. The number of carboxylic acids is 1. The third-order valence-corrected chi connectivity index (χ3v) is 2.68. The summed E-state index contributed by atoms with van der Waals surface area (Å²) in [6, 6.07) is 3.04. The van der Waals surface area contributed by atoms with Gasteiger partial charge in [-0.25, -0.2) is 0 Å². The second-order valence-electron chi connectivity index (χ2n) is 3.85. The van der Waals surface area contributed by atoms with Gasteiger partial charge in [-0.05, 0) is 18.1 Å². The average molecular weight is 261 g/mol. The smallest absolute Gasteiger partial charge is 0.480 e. The molecule has 0 amide bonds. The first-order chi connectivity index (χ1) is 8.38. The molecule has 2 N–H and O–H groups in total. The molecule has 1 unspecified atom stereocenters. The van der Waals surface area contributed by atoms with Crippen molar-refractivity contribution >= 4 is 5.97 Å². The summed E-state index contributed by atoms with van der Waals surface area (Å²) in [5, 5.41) is 11.7. The van der Waals surface area contributed by atoms with Crippen LogP contribution >= 0.6 is 0 Å². The summed E-state index contributed by atoms with van der Waals surface area (Å²) in [4.78, 5) is 11.0. The maximum atomic E-state index is 12.2. The molecule has 0 aromatic heterocycles. The van der Waals surface area contributed by atoms with Crippen molar-refractivity contribution in [1.29, 1.82) is 0 Å². The molecule has 98 valence electrons. The topological polar surface area (TPSA) is 58.6 Å². The zero-order valence-electron chi connectivity index (χ0n) is 9.12. The first-order valence-corrected chi connectivity index (χ1v) is 5.22. The molecule has 0 fully saturated rings. The van der Waals surface area contributed by atoms with Crippen LogP contribution in [0.1, 0.15) is 17.2 Å². The van der Waals surface area contributed by atoms with Crippen LogP contribution in [0.5, 0.6) is 5.75 Å². The molecule has 1 aliphatic rings. The van der Waals surface area contributed by atoms with Gasteiger partial charge in [0.05, 0.1) is 0 Å². The number of alkyl halides is 3. The molecule has 0 saturated carbocycles. The number of hydrogen-bond acceptors (Lipinski definition) is 3. The number of hydrogen-bond donors (Lipinski definition) is 2. The standard InChI is InChI=1S/C11H10F3NO3/c12-11(13,14)18-8-3-1-2-7-6(8)4-5-15-9(7)10(16)17/h1-3,9,15H,4-5H2,(H,16,17). The van der Waals surface area contributed by atoms with Crippen LogP contribution in [0.15, 0.2) is 18.2 Å². The third kappa shape index (κ3) is 2.56. The van der Waals surface area contributed by atoms with Gasteiger partial charge in [0.1, 0.15) is 11.8 Å². The molecule has 2 rings (SSSR count). The van der Waals surface area contributed by atoms with E-state index in [1.165, 1.54) is 18.2 Å². The Balaban J connectivity index is 2.41. The molecule has 0 aliphatic carbocycles. The lowest BCUT2D eigenvalue weighted by atomic mass is 9.93. The first kappa shape index (κ1) is 12.7. The minimum atomic E-state index is -4.78. The van der Waals surface area contributed by atoms with Crippen LogP contribution in [0.25, 0.3) is 0 Å². The monoisotopic (exact) mass is 261 g/mol. The van der Waals surface area contributed by atoms with E-state index < -0.39 is 18.4 Å². The van der Waals surface area contributed by atoms with Crippen molar-refractivity contribution in [3.05, 3.63) is 29.3 Å². The molecule has 0 saturated heterocycles. The van der Waals surface area contributed by atoms with Crippen LogP contribution in [0, 0.1) is 0 Å². The zero-order chi connectivity index (χ0) is 13.3. The van der Waals surface area contributed by atoms with E-state index in [0.29, 0.717) is 24.1 Å². The molecule has 1 heterocycles. The Morgan fingerprint density at radius 3 is 2.78 bits per heavy atom. The van der Waals surface area contributed by atoms with E-state index in [0.717, 1.165) is 0 Å². The minimum Gasteiger partial charge on any atom is -0.480 e. The van der Waals surface area contributed by atoms with E-state index in [2.05, 4.69) is 10.1 Å². The number of nitrogens with one attached hydrogen (secondary N) is 1. The average Bonchev–Trinajstić information content (AvgIpc) is 2.26. The van der Waals surface area contributed by atoms with Crippen LogP contribution in [0.2, 0.25) is 0 Å². The van der Waals surface area contributed by atoms with Gasteiger partial charge in [0, 0.05) is 12.1 Å². The highest BCUT2D eigenvalue weighted by Gasteiger charge is 2.34. The molecule has 1 aromatic rings. The van der Waals surface area contributed by atoms with Gasteiger partial charge in [-0.3, -0.25) is 4.79 Å². The zero-order valence-corrected chi connectivity index (χ0v) is 9.12. The lowest BCUT2D eigenvalue weighted by molar-refractivity contribution is -0.274. The highest BCUT2D eigenvalue weighted by Crippen LogP contribution is 2.33. The van der Waals surface area contributed by atoms with Gasteiger partial charge in [-0.1, -0.05) is 12.1 Å². The van der Waals surface area contributed by atoms with E-state index >= 15 is 0 Å². The lowest BCUT2D eigenvalue weighted by Gasteiger charge is -2.25. The van der Waals surface area contributed by atoms with Crippen molar-refractivity contribution in [2.75, 3.05) is 6.54 Å². The maximum absolute atomic E-state index is 12.2. The number of benzene rings is 1. The van der Waals surface area contributed by atoms with Gasteiger partial charge in [-0.15, -0.1) is 13.2 Å². The van der Waals surface area contributed by atoms with E-state index in [9.17, 15) is 18.0 Å². The number of rotatable bonds is 2. The number of carbonyl (C=O) groups is 1. The van der Waals surface area contributed by atoms with E-state index in [-0.39, 0.29) is 5.75 Å². The highest BCUT2D eigenvalue weighted by molar-refractivity contribution is 5.77. The fourth-order valence-electron chi connectivity index (χ4n) is 2.01. The fourth-order valence-corrected chi connectivity index (χ4v) is 2.01. The number of ether oxygens (including phenoxy) is 1. The quantitative estimate of drug-likeness (QED) is 0.853. The largest absolute Gasteiger partial charge is 0.573 e. The number of aliphatic carboxylic acids is 1. The Morgan fingerprint density at radius 1 is 1.44 bits per heavy atom. The predicted molar refractivity (Wildman–Crippen MR) is 55.2 cm³/mol. The summed E-state index contributed by atoms with van der Waals surface area (Å²) in [7, 11) is 0. The van der Waals surface area contributed by atoms with Crippen LogP contribution in [0.3, 0.4) is 0 Å². The van der Waals surface area contributed by atoms with Crippen molar-refractivity contribution in [2.24, 2.45) is 0 Å². The molecule has 7 heteroatoms. The number of halogens is 3. The second-order valence-corrected chi connectivity index (χ2v) is 3.85. The Morgan fingerprint density at radius 2 is 2.17 bits per heavy atom. The molecular formula is C11H10F3NO3. The Kier molecular flexibility index (Phi) is 3.16. The molecule has 0 radical (unpaired) electrons. The highest BCUT2D eigenvalue weighted by atomic mass is 19.4. The van der Waals surface area contributed by atoms with Gasteiger partial charge in [-0.2, -0.15) is 0 Å². The normalized spacial score (nSPS) is 19.2. The van der Waals surface area contributed by atoms with Crippen molar-refractivity contribution in [3.8, 4) is 5.75 Å². The molecule has 0 spiro atoms. The van der Waals surface area contributed by atoms with Crippen molar-refractivity contribution < 1.29 is 27.8 Å². The Labute approximate surface area is 100 Å². The van der Waals surface area contributed by atoms with E-state index in [1.807, 2.05) is 0 Å². The van der Waals surface area contributed by atoms with Crippen LogP contribution in [0.4, 0.5) is 13.2 Å². The molecular weight excluding hydrogens is 251 g/mol. The van der Waals surface area contributed by atoms with Gasteiger partial charge < -0.3 is 15.2 Å². The van der Waals surface area contributed by atoms with Gasteiger partial charge in [0.15, 0.2) is 0 Å². The molecule has 1 atom stereocenters. The van der Waals surface area contributed by atoms with Crippen molar-refractivity contribution in [3.63, 3.8) is 0 Å². The molecule has 1 aliphatic heterocycles. The SMILES string of the molecule is O=C(O)C1NCCc2c(OC(F)(F)F)cccc21. The predicted octanol–water partition coefficient (Wildman–Crippen LogP) is 1.86. The number of fused-ring (bicyclic) bond motifs is 1. The van der Waals surface area contributed by atoms with E-state index in [1.54, 1.807) is 0 Å². The van der Waals surface area contributed by atoms with Gasteiger partial charge in [0.25, 0.3) is 0 Å². The lowest BCUT2D eigenvalue weighted by Crippen LogP contribution is -2.35. The summed E-state index contributed by atoms with van der Waals surface area (Å²) >= 11 is 0. The van der Waals surface area contributed by atoms with Crippen LogP contribution in [-0.2, 0) is 11.2 Å². The summed E-state index contributed by atoms with van der Waals surface area (Å²) in [6.07, 6.45) is -4.48. The fraction of sp³-hybridized carbons (Fsp3) is 0.364. The minimum absolute atomic E-state index is 0.293. The summed E-state index contributed by atoms with van der Waals surface area (Å²) < 4.78 is 40.5. The van der Waals surface area contributed by atoms with Gasteiger partial charge >= 0.3 is 12.3 Å². The molecule has 18 heavy (non-hydrogen) atoms. The van der Waals surface area contributed by atoms with Gasteiger partial charge in [0.2, 0.25) is 0 Å². The molecule has 0 bridgehead atoms. The Hall–Kier alpha value is -1.76. The maximum Gasteiger partial charge on any atom is 0.573 e. The summed E-state index contributed by atoms with van der Waals surface area (Å²) in [5.74, 6) is -1.45. The number of carboxylic acid groups (broad SMARTS) is 1. The molecule has 4 nitrogen and oxygen atoms in total. The summed E-state index contributed by atoms with van der Waals surface area (Å²) in [6.45, 7) is 0.294.